The summed E-state index contributed by atoms with van der Waals surface area (Å²) in [5.41, 5.74) is 2.59. The molecule has 0 saturated heterocycles. The van der Waals surface area contributed by atoms with E-state index in [-0.39, 0.29) is 5.82 Å². The van der Waals surface area contributed by atoms with E-state index in [2.05, 4.69) is 21.4 Å². The normalized spacial score (nSPS) is 10.1. The lowest BCUT2D eigenvalue weighted by Crippen LogP contribution is -2.03. The van der Waals surface area contributed by atoms with Crippen molar-refractivity contribution >= 4 is 5.95 Å². The number of nitrogens with zero attached hydrogens (tertiary/aromatic N) is 3. The van der Waals surface area contributed by atoms with Crippen LogP contribution in [0.15, 0.2) is 54.6 Å². The fourth-order valence-corrected chi connectivity index (χ4v) is 2.33. The third-order valence-corrected chi connectivity index (χ3v) is 3.39. The Morgan fingerprint density at radius 3 is 2.22 bits per heavy atom. The second-order valence-electron chi connectivity index (χ2n) is 4.86. The van der Waals surface area contributed by atoms with Crippen LogP contribution in [0.3, 0.4) is 0 Å². The van der Waals surface area contributed by atoms with E-state index in [0.29, 0.717) is 28.5 Å². The highest BCUT2D eigenvalue weighted by molar-refractivity contribution is 5.78. The van der Waals surface area contributed by atoms with Gasteiger partial charge in [0.1, 0.15) is 17.4 Å². The van der Waals surface area contributed by atoms with E-state index in [4.69, 9.17) is 0 Å². The van der Waals surface area contributed by atoms with Crippen LogP contribution < -0.4 is 5.32 Å². The van der Waals surface area contributed by atoms with Gasteiger partial charge < -0.3 is 5.32 Å². The van der Waals surface area contributed by atoms with Crippen LogP contribution in [0.5, 0.6) is 0 Å². The molecule has 0 aliphatic carbocycles. The highest BCUT2D eigenvalue weighted by Crippen LogP contribution is 2.30. The summed E-state index contributed by atoms with van der Waals surface area (Å²) in [5.74, 6) is -0.000569. The van der Waals surface area contributed by atoms with E-state index in [9.17, 15) is 9.65 Å². The number of nitrogens with one attached hydrogen (secondary N) is 1. The maximum absolute atomic E-state index is 13.6. The minimum Gasteiger partial charge on any atom is -0.357 e. The zero-order valence-electron chi connectivity index (χ0n) is 12.4. The fraction of sp³-hybridized carbons (Fsp3) is 0.0556. The Kier molecular flexibility index (Phi) is 3.98. The molecule has 3 rings (SSSR count). The Hall–Kier alpha value is -3.26. The molecule has 0 saturated carbocycles. The molecule has 0 aliphatic rings. The van der Waals surface area contributed by atoms with Gasteiger partial charge in [-0.1, -0.05) is 42.5 Å². The van der Waals surface area contributed by atoms with Crippen LogP contribution in [0.25, 0.3) is 22.5 Å². The first kappa shape index (κ1) is 14.7. The molecule has 1 N–H and O–H groups in total. The average Bonchev–Trinajstić information content (AvgIpc) is 2.61. The van der Waals surface area contributed by atoms with Gasteiger partial charge in [0.05, 0.1) is 11.4 Å². The van der Waals surface area contributed by atoms with Crippen molar-refractivity contribution in [1.82, 2.24) is 9.97 Å². The Morgan fingerprint density at radius 2 is 1.61 bits per heavy atom. The van der Waals surface area contributed by atoms with Gasteiger partial charge in [0.25, 0.3) is 0 Å². The molecule has 0 bridgehead atoms. The first-order valence-electron chi connectivity index (χ1n) is 7.04. The summed E-state index contributed by atoms with van der Waals surface area (Å²) in [7, 11) is 1.70. The molecule has 0 atom stereocenters. The van der Waals surface area contributed by atoms with Gasteiger partial charge in [-0.05, 0) is 12.1 Å². The van der Waals surface area contributed by atoms with Crippen LogP contribution in [-0.2, 0) is 0 Å². The number of aromatic nitrogens is 2. The van der Waals surface area contributed by atoms with Crippen molar-refractivity contribution in [2.75, 3.05) is 12.4 Å². The minimum absolute atomic E-state index is 0.320. The van der Waals surface area contributed by atoms with E-state index >= 15 is 0 Å². The van der Waals surface area contributed by atoms with Crippen LogP contribution >= 0.6 is 0 Å². The second kappa shape index (κ2) is 6.24. The van der Waals surface area contributed by atoms with E-state index < -0.39 is 0 Å². The van der Waals surface area contributed by atoms with Crippen LogP contribution in [0.2, 0.25) is 0 Å². The van der Waals surface area contributed by atoms with Crippen molar-refractivity contribution in [2.24, 2.45) is 0 Å². The molecule has 0 unspecified atom stereocenters. The maximum atomic E-state index is 13.6. The van der Waals surface area contributed by atoms with Crippen molar-refractivity contribution in [2.45, 2.75) is 0 Å². The quantitative estimate of drug-likeness (QED) is 0.798. The van der Waals surface area contributed by atoms with Gasteiger partial charge in [-0.3, -0.25) is 0 Å². The molecule has 3 aromatic rings. The number of benzene rings is 2. The third kappa shape index (κ3) is 2.87. The van der Waals surface area contributed by atoms with E-state index in [0.717, 1.165) is 5.56 Å². The average molecular weight is 304 g/mol. The summed E-state index contributed by atoms with van der Waals surface area (Å²) < 4.78 is 13.6. The molecule has 0 spiro atoms. The molecule has 1 aromatic heterocycles. The van der Waals surface area contributed by atoms with E-state index in [1.54, 1.807) is 19.2 Å². The van der Waals surface area contributed by atoms with Gasteiger partial charge in [0.2, 0.25) is 5.95 Å². The topological polar surface area (TPSA) is 61.6 Å². The van der Waals surface area contributed by atoms with Crippen molar-refractivity contribution in [3.63, 3.8) is 0 Å². The number of rotatable bonds is 3. The highest BCUT2D eigenvalue weighted by Gasteiger charge is 2.17. The number of anilines is 1. The second-order valence-corrected chi connectivity index (χ2v) is 4.86. The lowest BCUT2D eigenvalue weighted by atomic mass is 10.0. The predicted molar refractivity (Wildman–Crippen MR) is 87.1 cm³/mol. The molecule has 2 aromatic carbocycles. The van der Waals surface area contributed by atoms with Gasteiger partial charge >= 0.3 is 0 Å². The molecule has 112 valence electrons. The van der Waals surface area contributed by atoms with Gasteiger partial charge in [0.15, 0.2) is 0 Å². The van der Waals surface area contributed by atoms with Gasteiger partial charge in [0, 0.05) is 18.2 Å². The number of hydrogen-bond acceptors (Lipinski definition) is 4. The summed E-state index contributed by atoms with van der Waals surface area (Å²) in [5, 5.41) is 12.5. The van der Waals surface area contributed by atoms with Crippen LogP contribution in [-0.4, -0.2) is 17.0 Å². The molecule has 0 radical (unpaired) electrons. The highest BCUT2D eigenvalue weighted by atomic mass is 19.1. The Bertz CT molecular complexity index is 885. The van der Waals surface area contributed by atoms with Gasteiger partial charge in [-0.15, -0.1) is 0 Å². The summed E-state index contributed by atoms with van der Waals surface area (Å²) in [4.78, 5) is 8.75. The Labute approximate surface area is 133 Å². The monoisotopic (exact) mass is 304 g/mol. The molecule has 4 nitrogen and oxygen atoms in total. The third-order valence-electron chi connectivity index (χ3n) is 3.39. The van der Waals surface area contributed by atoms with Crippen molar-refractivity contribution in [3.8, 4) is 28.6 Å². The fourth-order valence-electron chi connectivity index (χ4n) is 2.33. The minimum atomic E-state index is -0.378. The van der Waals surface area contributed by atoms with E-state index in [1.807, 2.05) is 30.3 Å². The summed E-state index contributed by atoms with van der Waals surface area (Å²) >= 11 is 0. The number of hydrogen-bond donors (Lipinski definition) is 1. The van der Waals surface area contributed by atoms with Gasteiger partial charge in [-0.25, -0.2) is 14.4 Å². The zero-order chi connectivity index (χ0) is 16.2. The predicted octanol–water partition coefficient (Wildman–Crippen LogP) is 3.86. The first-order valence-corrected chi connectivity index (χ1v) is 7.04. The molecule has 0 amide bonds. The lowest BCUT2D eigenvalue weighted by Gasteiger charge is -2.11. The van der Waals surface area contributed by atoms with Crippen LogP contribution in [0, 0.1) is 17.1 Å². The molecule has 23 heavy (non-hydrogen) atoms. The Balaban J connectivity index is 2.30. The lowest BCUT2D eigenvalue weighted by molar-refractivity contribution is 0.628. The van der Waals surface area contributed by atoms with Crippen LogP contribution in [0.1, 0.15) is 5.56 Å². The molecular formula is C18H13FN4. The number of nitriles is 1. The zero-order valence-corrected chi connectivity index (χ0v) is 12.4. The SMILES string of the molecule is CNc1nc(-c2ccccc2)c(C#N)c(-c2cccc(F)c2)n1. The maximum Gasteiger partial charge on any atom is 0.223 e. The standard InChI is InChI=1S/C18H13FN4/c1-21-18-22-16(12-6-3-2-4-7-12)15(11-20)17(23-18)13-8-5-9-14(19)10-13/h2-10H,1H3,(H,21,22,23). The summed E-state index contributed by atoms with van der Waals surface area (Å²) in [6.45, 7) is 0. The molecule has 0 fully saturated rings. The van der Waals surface area contributed by atoms with Crippen molar-refractivity contribution in [3.05, 3.63) is 66.0 Å². The molecular weight excluding hydrogens is 291 g/mol. The summed E-state index contributed by atoms with van der Waals surface area (Å²) in [6.07, 6.45) is 0. The van der Waals surface area contributed by atoms with Crippen LogP contribution in [0.4, 0.5) is 10.3 Å². The summed E-state index contributed by atoms with van der Waals surface area (Å²) in [6, 6.07) is 17.6. The largest absolute Gasteiger partial charge is 0.357 e. The smallest absolute Gasteiger partial charge is 0.223 e. The van der Waals surface area contributed by atoms with Crippen molar-refractivity contribution in [1.29, 1.82) is 5.26 Å². The van der Waals surface area contributed by atoms with Crippen molar-refractivity contribution < 1.29 is 4.39 Å². The van der Waals surface area contributed by atoms with E-state index in [1.165, 1.54) is 12.1 Å². The molecule has 0 aliphatic heterocycles. The molecule has 1 heterocycles. The Morgan fingerprint density at radius 1 is 0.957 bits per heavy atom. The first-order chi connectivity index (χ1) is 11.2. The number of halogens is 1. The van der Waals surface area contributed by atoms with Gasteiger partial charge in [-0.2, -0.15) is 5.26 Å². The molecule has 5 heteroatoms.